The van der Waals surface area contributed by atoms with Crippen LogP contribution in [-0.4, -0.2) is 48.7 Å². The molecule has 2 heterocycles. The number of halogens is 1. The van der Waals surface area contributed by atoms with Gasteiger partial charge in [-0.25, -0.2) is 4.39 Å². The summed E-state index contributed by atoms with van der Waals surface area (Å²) in [5.74, 6) is -0.326. The van der Waals surface area contributed by atoms with Crippen LogP contribution >= 0.6 is 0 Å². The van der Waals surface area contributed by atoms with Crippen molar-refractivity contribution in [3.63, 3.8) is 0 Å². The van der Waals surface area contributed by atoms with Crippen LogP contribution in [0.1, 0.15) is 62.1 Å². The lowest BCUT2D eigenvalue weighted by molar-refractivity contribution is -0.136. The van der Waals surface area contributed by atoms with Crippen LogP contribution < -0.4 is 15.0 Å². The first kappa shape index (κ1) is 30.9. The lowest BCUT2D eigenvalue weighted by Gasteiger charge is -2.36. The zero-order valence-electron chi connectivity index (χ0n) is 23.4. The summed E-state index contributed by atoms with van der Waals surface area (Å²) in [4.78, 5) is 40.8. The van der Waals surface area contributed by atoms with Crippen LogP contribution in [0, 0.1) is 11.7 Å². The van der Waals surface area contributed by atoms with Gasteiger partial charge in [0.2, 0.25) is 11.8 Å². The highest BCUT2D eigenvalue weighted by Gasteiger charge is 2.27. The Kier molecular flexibility index (Phi) is 10.5. The molecule has 3 aromatic carbocycles. The Morgan fingerprint density at radius 1 is 0.976 bits per heavy atom. The fourth-order valence-corrected chi connectivity index (χ4v) is 5.60. The minimum absolute atomic E-state index is 0. The maximum absolute atomic E-state index is 13.2. The van der Waals surface area contributed by atoms with Crippen LogP contribution in [0.2, 0.25) is 0 Å². The number of nitrogens with zero attached hydrogens (tertiary/aromatic N) is 2. The van der Waals surface area contributed by atoms with Crippen molar-refractivity contribution in [2.24, 2.45) is 5.92 Å². The van der Waals surface area contributed by atoms with Gasteiger partial charge < -0.3 is 9.64 Å². The van der Waals surface area contributed by atoms with Crippen molar-refractivity contribution in [3.05, 3.63) is 94.8 Å². The quantitative estimate of drug-likeness (QED) is 0.243. The number of carbonyl (C=O) groups excluding carboxylic acids is 3. The second-order valence-electron chi connectivity index (χ2n) is 10.9. The molecule has 1 atom stereocenters. The van der Waals surface area contributed by atoms with Gasteiger partial charge in [-0.3, -0.25) is 24.6 Å². The van der Waals surface area contributed by atoms with Gasteiger partial charge in [0.15, 0.2) is 5.78 Å². The number of hydrogen-bond donors (Lipinski definition) is 1. The molecule has 1 unspecified atom stereocenters. The average Bonchev–Trinajstić information content (AvgIpc) is 2.97. The van der Waals surface area contributed by atoms with Gasteiger partial charge in [0.1, 0.15) is 18.2 Å². The minimum Gasteiger partial charge on any atom is -0.489 e. The van der Waals surface area contributed by atoms with Crippen LogP contribution in [0.15, 0.2) is 66.7 Å². The minimum atomic E-state index is -0.251. The number of benzene rings is 3. The van der Waals surface area contributed by atoms with Gasteiger partial charge in [-0.1, -0.05) is 43.8 Å². The zero-order valence-corrected chi connectivity index (χ0v) is 23.4. The summed E-state index contributed by atoms with van der Waals surface area (Å²) in [6.45, 7) is 6.46. The number of amides is 2. The number of anilines is 1. The molecule has 2 fully saturated rings. The van der Waals surface area contributed by atoms with Crippen LogP contribution in [0.5, 0.6) is 5.75 Å². The molecular formula is C34H42FN3O4. The Morgan fingerprint density at radius 3 is 2.33 bits per heavy atom. The first-order valence-corrected chi connectivity index (χ1v) is 14.3. The van der Waals surface area contributed by atoms with E-state index in [4.69, 9.17) is 4.74 Å². The van der Waals surface area contributed by atoms with Crippen LogP contribution in [-0.2, 0) is 29.2 Å². The van der Waals surface area contributed by atoms with E-state index in [1.165, 1.54) is 24.6 Å². The van der Waals surface area contributed by atoms with Gasteiger partial charge in [0.05, 0.1) is 0 Å². The van der Waals surface area contributed by atoms with Crippen molar-refractivity contribution in [2.75, 3.05) is 31.1 Å². The molecule has 5 rings (SSSR count). The molecular weight excluding hydrogens is 533 g/mol. The smallest absolute Gasteiger partial charge is 0.229 e. The molecule has 8 heteroatoms. The van der Waals surface area contributed by atoms with E-state index in [2.05, 4.69) is 39.4 Å². The van der Waals surface area contributed by atoms with Crippen molar-refractivity contribution in [2.45, 2.75) is 53.2 Å². The van der Waals surface area contributed by atoms with Crippen LogP contribution in [0.3, 0.4) is 0 Å². The third kappa shape index (κ3) is 7.82. The second kappa shape index (κ2) is 14.2. The summed E-state index contributed by atoms with van der Waals surface area (Å²) in [7, 11) is 0. The number of piperidine rings is 1. The first-order valence-electron chi connectivity index (χ1n) is 14.3. The van der Waals surface area contributed by atoms with Gasteiger partial charge in [0.25, 0.3) is 0 Å². The largest absolute Gasteiger partial charge is 0.489 e. The van der Waals surface area contributed by atoms with Gasteiger partial charge in [-0.2, -0.15) is 0 Å². The molecule has 0 radical (unpaired) electrons. The highest BCUT2D eigenvalue weighted by Crippen LogP contribution is 2.29. The standard InChI is InChI=1S/C33H36FN3O4.CH4.H2/c1-23(38)29-3-2-4-31(30(29)15-9-26-10-16-32(39)35-33(26)40)41-22-25-7-5-24(6-8-25)21-36-17-19-37(20-18-36)28-13-11-27(34)12-14-28;;/h2-8,11-14,26H,9-10,15-22H2,1H3,(H,35,39,40);1H4;1H. The molecule has 0 aromatic heterocycles. The Hall–Kier alpha value is -4.04. The predicted molar refractivity (Wildman–Crippen MR) is 164 cm³/mol. The Morgan fingerprint density at radius 2 is 1.67 bits per heavy atom. The van der Waals surface area contributed by atoms with Gasteiger partial charge in [0, 0.05) is 63.3 Å². The molecule has 0 saturated carbocycles. The molecule has 2 aliphatic heterocycles. The number of carbonyl (C=O) groups is 3. The molecule has 2 saturated heterocycles. The predicted octanol–water partition coefficient (Wildman–Crippen LogP) is 5.80. The topological polar surface area (TPSA) is 79.0 Å². The fourth-order valence-electron chi connectivity index (χ4n) is 5.60. The Bertz CT molecular complexity index is 1390. The maximum atomic E-state index is 13.2. The summed E-state index contributed by atoms with van der Waals surface area (Å²) in [5, 5.41) is 2.41. The molecule has 0 bridgehead atoms. The number of imide groups is 1. The number of ether oxygens (including phenoxy) is 1. The van der Waals surface area contributed by atoms with Crippen molar-refractivity contribution in [1.29, 1.82) is 0 Å². The van der Waals surface area contributed by atoms with E-state index in [0.29, 0.717) is 43.6 Å². The molecule has 7 nitrogen and oxygen atoms in total. The van der Waals surface area contributed by atoms with Gasteiger partial charge in [-0.05, 0) is 67.6 Å². The summed E-state index contributed by atoms with van der Waals surface area (Å²) in [5.41, 5.74) is 4.72. The van der Waals surface area contributed by atoms with Crippen molar-refractivity contribution in [3.8, 4) is 5.75 Å². The van der Waals surface area contributed by atoms with Gasteiger partial charge in [-0.15, -0.1) is 0 Å². The molecule has 3 aromatic rings. The molecule has 2 aliphatic rings. The van der Waals surface area contributed by atoms with Crippen molar-refractivity contribution in [1.82, 2.24) is 10.2 Å². The third-order valence-corrected chi connectivity index (χ3v) is 8.00. The molecule has 0 aliphatic carbocycles. The highest BCUT2D eigenvalue weighted by atomic mass is 19.1. The Balaban J connectivity index is 0.00000253. The first-order chi connectivity index (χ1) is 19.9. The monoisotopic (exact) mass is 575 g/mol. The van der Waals surface area contributed by atoms with E-state index in [9.17, 15) is 18.8 Å². The van der Waals surface area contributed by atoms with E-state index in [-0.39, 0.29) is 38.2 Å². The summed E-state index contributed by atoms with van der Waals surface area (Å²) < 4.78 is 19.4. The van der Waals surface area contributed by atoms with Crippen LogP contribution in [0.25, 0.3) is 0 Å². The second-order valence-corrected chi connectivity index (χ2v) is 10.9. The van der Waals surface area contributed by atoms with E-state index >= 15 is 0 Å². The Labute approximate surface area is 249 Å². The molecule has 224 valence electrons. The summed E-state index contributed by atoms with van der Waals surface area (Å²) in [6, 6.07) is 20.6. The average molecular weight is 576 g/mol. The highest BCUT2D eigenvalue weighted by molar-refractivity contribution is 5.98. The number of rotatable bonds is 10. The van der Waals surface area contributed by atoms with Crippen molar-refractivity contribution < 1.29 is 24.9 Å². The molecule has 0 spiro atoms. The maximum Gasteiger partial charge on any atom is 0.229 e. The van der Waals surface area contributed by atoms with E-state index in [1.807, 2.05) is 24.3 Å². The number of nitrogens with one attached hydrogen (secondary N) is 1. The molecule has 1 N–H and O–H groups in total. The van der Waals surface area contributed by atoms with E-state index in [0.717, 1.165) is 49.5 Å². The molecule has 2 amide bonds. The fraction of sp³-hybridized carbons (Fsp3) is 0.382. The molecule has 42 heavy (non-hydrogen) atoms. The van der Waals surface area contributed by atoms with Crippen LogP contribution in [0.4, 0.5) is 10.1 Å². The third-order valence-electron chi connectivity index (χ3n) is 8.00. The van der Waals surface area contributed by atoms with E-state index in [1.54, 1.807) is 6.07 Å². The lowest BCUT2D eigenvalue weighted by Crippen LogP contribution is -2.45. The van der Waals surface area contributed by atoms with Gasteiger partial charge >= 0.3 is 0 Å². The number of ketones is 1. The number of piperazine rings is 1. The lowest BCUT2D eigenvalue weighted by atomic mass is 9.89. The normalized spacial score (nSPS) is 17.4. The zero-order chi connectivity index (χ0) is 28.8. The summed E-state index contributed by atoms with van der Waals surface area (Å²) in [6.07, 6.45) is 1.94. The SMILES string of the molecule is C.CC(=O)c1cccc(OCc2ccc(CN3CCN(c4ccc(F)cc4)CC3)cc2)c1CCC1CCC(=O)NC1=O.[HH]. The van der Waals surface area contributed by atoms with E-state index < -0.39 is 0 Å². The number of hydrogen-bond acceptors (Lipinski definition) is 6. The number of Topliss-reactive ketones (excluding diaryl/α,β-unsaturated/α-hetero) is 1. The van der Waals surface area contributed by atoms with Crippen molar-refractivity contribution >= 4 is 23.3 Å². The summed E-state index contributed by atoms with van der Waals surface area (Å²) >= 11 is 0.